The van der Waals surface area contributed by atoms with Crippen molar-refractivity contribution >= 4 is 0 Å². The van der Waals surface area contributed by atoms with Crippen molar-refractivity contribution in [2.75, 3.05) is 6.54 Å². The molecule has 112 valence electrons. The van der Waals surface area contributed by atoms with E-state index in [4.69, 9.17) is 0 Å². The minimum absolute atomic E-state index is 0.231. The lowest BCUT2D eigenvalue weighted by Gasteiger charge is -2.21. The molecule has 2 aromatic carbocycles. The number of rotatable bonds is 5. The summed E-state index contributed by atoms with van der Waals surface area (Å²) in [6.45, 7) is 6.76. The van der Waals surface area contributed by atoms with Gasteiger partial charge in [-0.2, -0.15) is 0 Å². The molecule has 0 aliphatic rings. The van der Waals surface area contributed by atoms with Crippen molar-refractivity contribution in [3.63, 3.8) is 0 Å². The molecule has 2 rings (SSSR count). The van der Waals surface area contributed by atoms with Gasteiger partial charge in [0.2, 0.25) is 0 Å². The Hall–Kier alpha value is -1.74. The van der Waals surface area contributed by atoms with Crippen molar-refractivity contribution < 1.29 is 8.78 Å². The van der Waals surface area contributed by atoms with Crippen LogP contribution in [0.5, 0.6) is 0 Å². The van der Waals surface area contributed by atoms with E-state index in [2.05, 4.69) is 5.32 Å². The van der Waals surface area contributed by atoms with E-state index in [1.165, 1.54) is 28.8 Å². The number of aryl methyl sites for hydroxylation is 2. The smallest absolute Gasteiger partial charge is 0.128 e. The third-order valence-corrected chi connectivity index (χ3v) is 3.84. The number of benzene rings is 2. The van der Waals surface area contributed by atoms with Crippen LogP contribution in [0.15, 0.2) is 36.4 Å². The van der Waals surface area contributed by atoms with Crippen LogP contribution in [-0.2, 0) is 6.42 Å². The first kappa shape index (κ1) is 15.6. The third kappa shape index (κ3) is 3.67. The highest BCUT2D eigenvalue weighted by atomic mass is 19.1. The van der Waals surface area contributed by atoms with Gasteiger partial charge in [-0.15, -0.1) is 0 Å². The van der Waals surface area contributed by atoms with Gasteiger partial charge in [0.15, 0.2) is 0 Å². The molecule has 0 amide bonds. The van der Waals surface area contributed by atoms with E-state index in [0.29, 0.717) is 18.5 Å². The summed E-state index contributed by atoms with van der Waals surface area (Å²) in [5, 5.41) is 3.26. The van der Waals surface area contributed by atoms with Gasteiger partial charge in [-0.05, 0) is 61.7 Å². The lowest BCUT2D eigenvalue weighted by molar-refractivity contribution is 0.501. The van der Waals surface area contributed by atoms with E-state index >= 15 is 0 Å². The highest BCUT2D eigenvalue weighted by molar-refractivity contribution is 5.36. The minimum atomic E-state index is -0.407. The molecule has 0 fully saturated rings. The maximum atomic E-state index is 14.0. The molecule has 0 saturated carbocycles. The maximum absolute atomic E-state index is 14.0. The van der Waals surface area contributed by atoms with Crippen LogP contribution < -0.4 is 5.32 Å². The van der Waals surface area contributed by atoms with Crippen molar-refractivity contribution in [1.82, 2.24) is 5.32 Å². The second kappa shape index (κ2) is 6.81. The highest BCUT2D eigenvalue weighted by Crippen LogP contribution is 2.25. The Balaban J connectivity index is 2.38. The second-order valence-electron chi connectivity index (χ2n) is 5.35. The zero-order valence-corrected chi connectivity index (χ0v) is 12.7. The fourth-order valence-electron chi connectivity index (χ4n) is 2.70. The van der Waals surface area contributed by atoms with E-state index in [1.54, 1.807) is 0 Å². The van der Waals surface area contributed by atoms with E-state index in [0.717, 1.165) is 6.07 Å². The largest absolute Gasteiger partial charge is 0.310 e. The molecule has 0 saturated heterocycles. The SMILES string of the molecule is CCNC(Cc1c(C)cccc1C)c1cc(F)ccc1F. The summed E-state index contributed by atoms with van der Waals surface area (Å²) < 4.78 is 27.5. The van der Waals surface area contributed by atoms with Gasteiger partial charge in [0, 0.05) is 11.6 Å². The molecule has 0 spiro atoms. The van der Waals surface area contributed by atoms with Crippen LogP contribution in [0.1, 0.15) is 35.2 Å². The Morgan fingerprint density at radius 1 is 1.05 bits per heavy atom. The monoisotopic (exact) mass is 289 g/mol. The van der Waals surface area contributed by atoms with Crippen molar-refractivity contribution in [1.29, 1.82) is 0 Å². The highest BCUT2D eigenvalue weighted by Gasteiger charge is 2.18. The van der Waals surface area contributed by atoms with Gasteiger partial charge >= 0.3 is 0 Å². The lowest BCUT2D eigenvalue weighted by atomic mass is 9.92. The quantitative estimate of drug-likeness (QED) is 0.856. The Labute approximate surface area is 125 Å². The van der Waals surface area contributed by atoms with Crippen LogP contribution >= 0.6 is 0 Å². The van der Waals surface area contributed by atoms with Gasteiger partial charge in [-0.1, -0.05) is 25.1 Å². The molecule has 0 aliphatic carbocycles. The number of hydrogen-bond donors (Lipinski definition) is 1. The van der Waals surface area contributed by atoms with E-state index in [9.17, 15) is 8.78 Å². The average Bonchev–Trinajstić information content (AvgIpc) is 2.44. The summed E-state index contributed by atoms with van der Waals surface area (Å²) >= 11 is 0. The molecule has 2 aromatic rings. The number of nitrogens with one attached hydrogen (secondary N) is 1. The first-order chi connectivity index (χ1) is 10.0. The lowest BCUT2D eigenvalue weighted by Crippen LogP contribution is -2.24. The molecule has 0 heterocycles. The Morgan fingerprint density at radius 2 is 1.71 bits per heavy atom. The van der Waals surface area contributed by atoms with Crippen LogP contribution in [0, 0.1) is 25.5 Å². The van der Waals surface area contributed by atoms with E-state index < -0.39 is 5.82 Å². The number of likely N-dealkylation sites (N-methyl/N-ethyl adjacent to an activating group) is 1. The van der Waals surface area contributed by atoms with Crippen LogP contribution in [0.4, 0.5) is 8.78 Å². The molecule has 1 atom stereocenters. The summed E-state index contributed by atoms with van der Waals surface area (Å²) in [4.78, 5) is 0. The topological polar surface area (TPSA) is 12.0 Å². The molecule has 1 N–H and O–H groups in total. The van der Waals surface area contributed by atoms with Crippen LogP contribution in [0.3, 0.4) is 0 Å². The van der Waals surface area contributed by atoms with Gasteiger partial charge in [-0.3, -0.25) is 0 Å². The Morgan fingerprint density at radius 3 is 2.33 bits per heavy atom. The van der Waals surface area contributed by atoms with Gasteiger partial charge in [0.1, 0.15) is 11.6 Å². The molecule has 0 aromatic heterocycles. The summed E-state index contributed by atoms with van der Waals surface area (Å²) in [6, 6.07) is 9.52. The Kier molecular flexibility index (Phi) is 5.07. The summed E-state index contributed by atoms with van der Waals surface area (Å²) in [5.41, 5.74) is 3.93. The van der Waals surface area contributed by atoms with Gasteiger partial charge in [0.05, 0.1) is 0 Å². The van der Waals surface area contributed by atoms with Crippen molar-refractivity contribution in [3.8, 4) is 0 Å². The molecule has 0 radical (unpaired) electrons. The first-order valence-corrected chi connectivity index (χ1v) is 7.26. The molecule has 3 heteroatoms. The van der Waals surface area contributed by atoms with Crippen LogP contribution in [0.25, 0.3) is 0 Å². The summed E-state index contributed by atoms with van der Waals surface area (Å²) in [5.74, 6) is -0.774. The van der Waals surface area contributed by atoms with E-state index in [1.807, 2.05) is 39.0 Å². The van der Waals surface area contributed by atoms with Gasteiger partial charge in [-0.25, -0.2) is 8.78 Å². The zero-order valence-electron chi connectivity index (χ0n) is 12.7. The molecule has 0 bridgehead atoms. The average molecular weight is 289 g/mol. The molecular weight excluding hydrogens is 268 g/mol. The molecule has 0 aliphatic heterocycles. The van der Waals surface area contributed by atoms with Crippen LogP contribution in [0.2, 0.25) is 0 Å². The predicted octanol–water partition coefficient (Wildman–Crippen LogP) is 4.47. The third-order valence-electron chi connectivity index (χ3n) is 3.84. The summed E-state index contributed by atoms with van der Waals surface area (Å²) in [6.07, 6.45) is 0.646. The van der Waals surface area contributed by atoms with Gasteiger partial charge in [0.25, 0.3) is 0 Å². The minimum Gasteiger partial charge on any atom is -0.310 e. The van der Waals surface area contributed by atoms with Gasteiger partial charge < -0.3 is 5.32 Å². The van der Waals surface area contributed by atoms with E-state index in [-0.39, 0.29) is 11.9 Å². The Bertz CT molecular complexity index is 602. The molecule has 1 nitrogen and oxygen atoms in total. The number of hydrogen-bond acceptors (Lipinski definition) is 1. The predicted molar refractivity (Wildman–Crippen MR) is 82.4 cm³/mol. The normalized spacial score (nSPS) is 12.4. The first-order valence-electron chi connectivity index (χ1n) is 7.26. The fraction of sp³-hybridized carbons (Fsp3) is 0.333. The second-order valence-corrected chi connectivity index (χ2v) is 5.35. The number of halogens is 2. The van der Waals surface area contributed by atoms with Crippen molar-refractivity contribution in [2.24, 2.45) is 0 Å². The van der Waals surface area contributed by atoms with Crippen molar-refractivity contribution in [2.45, 2.75) is 33.2 Å². The summed E-state index contributed by atoms with van der Waals surface area (Å²) in [7, 11) is 0. The zero-order chi connectivity index (χ0) is 15.4. The standard InChI is InChI=1S/C18H21F2N/c1-4-21-18(16-10-14(19)8-9-17(16)20)11-15-12(2)6-5-7-13(15)3/h5-10,18,21H,4,11H2,1-3H3. The molecular formula is C18H21F2N. The van der Waals surface area contributed by atoms with Crippen LogP contribution in [-0.4, -0.2) is 6.54 Å². The van der Waals surface area contributed by atoms with Crippen molar-refractivity contribution in [3.05, 3.63) is 70.3 Å². The molecule has 1 unspecified atom stereocenters. The maximum Gasteiger partial charge on any atom is 0.128 e. The fourth-order valence-corrected chi connectivity index (χ4v) is 2.70. The molecule has 21 heavy (non-hydrogen) atoms.